The van der Waals surface area contributed by atoms with Crippen molar-refractivity contribution in [1.82, 2.24) is 0 Å². The molecule has 0 unspecified atom stereocenters. The first-order valence-corrected chi connectivity index (χ1v) is 2.65. The molecule has 3 nitrogen and oxygen atoms in total. The Labute approximate surface area is 49.5 Å². The summed E-state index contributed by atoms with van der Waals surface area (Å²) in [6, 6.07) is 0.249. The highest BCUT2D eigenvalue weighted by Crippen LogP contribution is 1.86. The van der Waals surface area contributed by atoms with E-state index in [1.807, 2.05) is 13.8 Å². The van der Waals surface area contributed by atoms with Gasteiger partial charge in [-0.25, -0.2) is 0 Å². The van der Waals surface area contributed by atoms with Crippen LogP contribution in [0.2, 0.25) is 0 Å². The molecule has 0 radical (unpaired) electrons. The summed E-state index contributed by atoms with van der Waals surface area (Å²) in [4.78, 5) is 0. The van der Waals surface area contributed by atoms with E-state index in [4.69, 9.17) is 0 Å². The van der Waals surface area contributed by atoms with Gasteiger partial charge in [0.1, 0.15) is 0 Å². The zero-order chi connectivity index (χ0) is 6.41. The van der Waals surface area contributed by atoms with Crippen LogP contribution < -0.4 is 0 Å². The Bertz CT molecular complexity index is 93.8. The molecule has 0 aromatic heterocycles. The maximum Gasteiger partial charge on any atom is 0.0674 e. The lowest BCUT2D eigenvalue weighted by molar-refractivity contribution is 0.752. The van der Waals surface area contributed by atoms with Crippen LogP contribution in [0.1, 0.15) is 20.8 Å². The quantitative estimate of drug-likeness (QED) is 0.298. The van der Waals surface area contributed by atoms with Gasteiger partial charge in [-0.15, -0.1) is 5.10 Å². The van der Waals surface area contributed by atoms with E-state index < -0.39 is 0 Å². The molecule has 46 valence electrons. The van der Waals surface area contributed by atoms with Crippen LogP contribution in [0.3, 0.4) is 0 Å². The Morgan fingerprint density at radius 2 is 2.00 bits per heavy atom. The van der Waals surface area contributed by atoms with Gasteiger partial charge in [0.2, 0.25) is 0 Å². The first kappa shape index (κ1) is 7.27. The highest BCUT2D eigenvalue weighted by molar-refractivity contribution is 5.52. The topological polar surface area (TPSA) is 37.1 Å². The summed E-state index contributed by atoms with van der Waals surface area (Å²) in [5.74, 6) is 0. The molecular formula is C5H11N3. The van der Waals surface area contributed by atoms with E-state index >= 15 is 0 Å². The smallest absolute Gasteiger partial charge is 0.0674 e. The fraction of sp³-hybridized carbons (Fsp3) is 0.800. The fourth-order valence-electron chi connectivity index (χ4n) is 0.185. The minimum Gasteiger partial charge on any atom is -0.166 e. The van der Waals surface area contributed by atoms with Gasteiger partial charge in [-0.3, -0.25) is 0 Å². The number of hydrogen-bond acceptors (Lipinski definition) is 2. The molecule has 0 aliphatic rings. The Kier molecular flexibility index (Phi) is 4.03. The molecule has 0 N–H and O–H groups in total. The molecule has 8 heavy (non-hydrogen) atoms. The maximum atomic E-state index is 3.74. The van der Waals surface area contributed by atoms with E-state index in [0.717, 1.165) is 0 Å². The molecule has 0 heterocycles. The Hall–Kier alpha value is -0.730. The van der Waals surface area contributed by atoms with Crippen LogP contribution in [0.5, 0.6) is 0 Å². The largest absolute Gasteiger partial charge is 0.166 e. The van der Waals surface area contributed by atoms with Crippen molar-refractivity contribution in [2.24, 2.45) is 15.4 Å². The van der Waals surface area contributed by atoms with E-state index in [0.29, 0.717) is 0 Å². The average Bonchev–Trinajstić information content (AvgIpc) is 1.66. The zero-order valence-corrected chi connectivity index (χ0v) is 5.50. The molecule has 0 saturated heterocycles. The molecule has 0 aromatic rings. The van der Waals surface area contributed by atoms with Crippen molar-refractivity contribution in [1.29, 1.82) is 0 Å². The Morgan fingerprint density at radius 3 is 2.38 bits per heavy atom. The zero-order valence-electron chi connectivity index (χ0n) is 5.50. The molecule has 0 amide bonds. The first-order chi connectivity index (χ1) is 3.77. The van der Waals surface area contributed by atoms with E-state index in [2.05, 4.69) is 15.4 Å². The molecule has 0 bridgehead atoms. The van der Waals surface area contributed by atoms with Crippen LogP contribution in [0.15, 0.2) is 15.4 Å². The van der Waals surface area contributed by atoms with Gasteiger partial charge < -0.3 is 0 Å². The third-order valence-corrected chi connectivity index (χ3v) is 0.450. The first-order valence-electron chi connectivity index (χ1n) is 2.65. The highest BCUT2D eigenvalue weighted by Gasteiger charge is 1.80. The van der Waals surface area contributed by atoms with Crippen molar-refractivity contribution in [2.75, 3.05) is 0 Å². The standard InChI is InChI=1S/C5H11N3/c1-4-6-8-7-5(2)3/h4-5H,1-3H3/b6-4-,8-7?. The molecule has 0 aliphatic carbocycles. The summed E-state index contributed by atoms with van der Waals surface area (Å²) >= 11 is 0. The van der Waals surface area contributed by atoms with E-state index in [-0.39, 0.29) is 6.04 Å². The van der Waals surface area contributed by atoms with Gasteiger partial charge in [-0.05, 0) is 26.0 Å². The van der Waals surface area contributed by atoms with Crippen molar-refractivity contribution in [3.63, 3.8) is 0 Å². The fourth-order valence-corrected chi connectivity index (χ4v) is 0.185. The highest BCUT2D eigenvalue weighted by atomic mass is 15.4. The van der Waals surface area contributed by atoms with E-state index in [1.165, 1.54) is 0 Å². The predicted octanol–water partition coefficient (Wildman–Crippen LogP) is 1.85. The minimum absolute atomic E-state index is 0.249. The van der Waals surface area contributed by atoms with Crippen LogP contribution in [0.4, 0.5) is 0 Å². The van der Waals surface area contributed by atoms with Crippen molar-refractivity contribution in [2.45, 2.75) is 26.8 Å². The average molecular weight is 113 g/mol. The molecule has 0 aromatic carbocycles. The lowest BCUT2D eigenvalue weighted by Gasteiger charge is -1.85. The number of rotatable bonds is 2. The summed E-state index contributed by atoms with van der Waals surface area (Å²) in [7, 11) is 0. The van der Waals surface area contributed by atoms with E-state index in [1.54, 1.807) is 13.1 Å². The summed E-state index contributed by atoms with van der Waals surface area (Å²) in [5.41, 5.74) is 0. The maximum absolute atomic E-state index is 3.74. The molecule has 0 saturated carbocycles. The van der Waals surface area contributed by atoms with E-state index in [9.17, 15) is 0 Å². The Morgan fingerprint density at radius 1 is 1.38 bits per heavy atom. The van der Waals surface area contributed by atoms with Crippen molar-refractivity contribution >= 4 is 6.21 Å². The van der Waals surface area contributed by atoms with Gasteiger partial charge in [0.05, 0.1) is 6.04 Å². The third-order valence-electron chi connectivity index (χ3n) is 0.450. The van der Waals surface area contributed by atoms with Crippen molar-refractivity contribution in [3.05, 3.63) is 0 Å². The Balaban J connectivity index is 3.34. The second kappa shape index (κ2) is 4.43. The summed E-state index contributed by atoms with van der Waals surface area (Å²) < 4.78 is 0. The molecule has 3 heteroatoms. The minimum atomic E-state index is 0.249. The number of hydrogen-bond donors (Lipinski definition) is 0. The van der Waals surface area contributed by atoms with Gasteiger partial charge in [0.25, 0.3) is 0 Å². The van der Waals surface area contributed by atoms with Crippen molar-refractivity contribution in [3.8, 4) is 0 Å². The van der Waals surface area contributed by atoms with Crippen LogP contribution in [-0.2, 0) is 0 Å². The van der Waals surface area contributed by atoms with Gasteiger partial charge in [-0.1, -0.05) is 0 Å². The third kappa shape index (κ3) is 5.27. The molecule has 0 fully saturated rings. The van der Waals surface area contributed by atoms with Crippen LogP contribution >= 0.6 is 0 Å². The van der Waals surface area contributed by atoms with Crippen LogP contribution in [-0.4, -0.2) is 12.3 Å². The van der Waals surface area contributed by atoms with Crippen LogP contribution in [0, 0.1) is 0 Å². The monoisotopic (exact) mass is 113 g/mol. The number of nitrogens with zero attached hydrogens (tertiary/aromatic N) is 3. The van der Waals surface area contributed by atoms with Gasteiger partial charge in [-0.2, -0.15) is 5.11 Å². The molecule has 0 aliphatic heterocycles. The second-order valence-electron chi connectivity index (χ2n) is 1.67. The van der Waals surface area contributed by atoms with Gasteiger partial charge in [0, 0.05) is 6.21 Å². The molecule has 0 atom stereocenters. The molecular weight excluding hydrogens is 102 g/mol. The normalized spacial score (nSPS) is 12.5. The lowest BCUT2D eigenvalue weighted by Crippen LogP contribution is -1.83. The molecule has 0 spiro atoms. The van der Waals surface area contributed by atoms with Gasteiger partial charge in [0.15, 0.2) is 0 Å². The SMILES string of the molecule is C/C=N\N=NC(C)C. The summed E-state index contributed by atoms with van der Waals surface area (Å²) in [6.07, 6.45) is 1.60. The summed E-state index contributed by atoms with van der Waals surface area (Å²) in [6.45, 7) is 5.71. The van der Waals surface area contributed by atoms with Crippen LogP contribution in [0.25, 0.3) is 0 Å². The lowest BCUT2D eigenvalue weighted by atomic mass is 10.4. The summed E-state index contributed by atoms with van der Waals surface area (Å²) in [5, 5.41) is 10.8. The molecule has 0 rings (SSSR count). The van der Waals surface area contributed by atoms with Crippen molar-refractivity contribution < 1.29 is 0 Å². The predicted molar refractivity (Wildman–Crippen MR) is 34.2 cm³/mol. The van der Waals surface area contributed by atoms with Gasteiger partial charge >= 0.3 is 0 Å². The second-order valence-corrected chi connectivity index (χ2v) is 1.67.